The van der Waals surface area contributed by atoms with E-state index in [1.165, 1.54) is 0 Å². The summed E-state index contributed by atoms with van der Waals surface area (Å²) in [5, 5.41) is 8.82. The molecular weight excluding hydrogens is 214 g/mol. The molecule has 94 valence electrons. The molecule has 0 aliphatic rings. The standard InChI is InChI=1S/C13H21N3O/c1-10(2)14-7-8-15-13(17)16-12-6-4-5-11(3)9-12/h4-6,9-10,14H,7-8H2,1-3H3,(H2,15,16,17). The number of urea groups is 1. The fraction of sp³-hybridized carbons (Fsp3) is 0.462. The summed E-state index contributed by atoms with van der Waals surface area (Å²) in [5.74, 6) is 0. The molecule has 0 aliphatic carbocycles. The lowest BCUT2D eigenvalue weighted by atomic mass is 10.2. The van der Waals surface area contributed by atoms with Gasteiger partial charge >= 0.3 is 6.03 Å². The monoisotopic (exact) mass is 235 g/mol. The Bertz CT molecular complexity index is 363. The van der Waals surface area contributed by atoms with E-state index in [2.05, 4.69) is 29.8 Å². The van der Waals surface area contributed by atoms with E-state index >= 15 is 0 Å². The number of rotatable bonds is 5. The summed E-state index contributed by atoms with van der Waals surface area (Å²) in [6, 6.07) is 8.00. The average molecular weight is 235 g/mol. The Hall–Kier alpha value is -1.55. The van der Waals surface area contributed by atoms with Gasteiger partial charge in [0.1, 0.15) is 0 Å². The van der Waals surface area contributed by atoms with Crippen molar-refractivity contribution in [2.24, 2.45) is 0 Å². The van der Waals surface area contributed by atoms with E-state index in [9.17, 15) is 4.79 Å². The molecule has 0 unspecified atom stereocenters. The smallest absolute Gasteiger partial charge is 0.319 e. The fourth-order valence-electron chi connectivity index (χ4n) is 1.43. The molecule has 0 spiro atoms. The summed E-state index contributed by atoms with van der Waals surface area (Å²) in [5.41, 5.74) is 1.95. The summed E-state index contributed by atoms with van der Waals surface area (Å²) in [6.07, 6.45) is 0. The number of benzene rings is 1. The van der Waals surface area contributed by atoms with Crippen LogP contribution in [0.3, 0.4) is 0 Å². The Morgan fingerprint density at radius 3 is 2.71 bits per heavy atom. The van der Waals surface area contributed by atoms with E-state index < -0.39 is 0 Å². The van der Waals surface area contributed by atoms with E-state index in [4.69, 9.17) is 0 Å². The van der Waals surface area contributed by atoms with Crippen LogP contribution in [-0.4, -0.2) is 25.2 Å². The molecule has 0 aromatic heterocycles. The van der Waals surface area contributed by atoms with E-state index in [1.54, 1.807) is 0 Å². The van der Waals surface area contributed by atoms with Gasteiger partial charge in [-0.05, 0) is 24.6 Å². The Balaban J connectivity index is 2.25. The van der Waals surface area contributed by atoms with Gasteiger partial charge in [-0.25, -0.2) is 4.79 Å². The van der Waals surface area contributed by atoms with E-state index in [0.29, 0.717) is 12.6 Å². The van der Waals surface area contributed by atoms with Gasteiger partial charge in [0, 0.05) is 24.8 Å². The third kappa shape index (κ3) is 5.92. The van der Waals surface area contributed by atoms with Crippen LogP contribution in [0, 0.1) is 6.92 Å². The average Bonchev–Trinajstić information content (AvgIpc) is 2.24. The summed E-state index contributed by atoms with van der Waals surface area (Å²) < 4.78 is 0. The second kappa shape index (κ2) is 6.91. The van der Waals surface area contributed by atoms with Gasteiger partial charge in [0.25, 0.3) is 0 Å². The molecule has 1 aromatic carbocycles. The predicted octanol–water partition coefficient (Wildman–Crippen LogP) is 2.11. The minimum atomic E-state index is -0.166. The molecule has 17 heavy (non-hydrogen) atoms. The minimum absolute atomic E-state index is 0.166. The Morgan fingerprint density at radius 2 is 2.06 bits per heavy atom. The summed E-state index contributed by atoms with van der Waals surface area (Å²) in [6.45, 7) is 7.55. The molecule has 0 saturated carbocycles. The highest BCUT2D eigenvalue weighted by Crippen LogP contribution is 2.08. The fourth-order valence-corrected chi connectivity index (χ4v) is 1.43. The first-order chi connectivity index (χ1) is 8.08. The molecule has 0 aliphatic heterocycles. The number of anilines is 1. The van der Waals surface area contributed by atoms with Gasteiger partial charge in [0.15, 0.2) is 0 Å². The van der Waals surface area contributed by atoms with Crippen molar-refractivity contribution >= 4 is 11.7 Å². The van der Waals surface area contributed by atoms with Crippen LogP contribution >= 0.6 is 0 Å². The van der Waals surface area contributed by atoms with Crippen molar-refractivity contribution in [2.45, 2.75) is 26.8 Å². The lowest BCUT2D eigenvalue weighted by Gasteiger charge is -2.10. The SMILES string of the molecule is Cc1cccc(NC(=O)NCCNC(C)C)c1. The molecule has 0 heterocycles. The highest BCUT2D eigenvalue weighted by molar-refractivity contribution is 5.89. The molecule has 3 N–H and O–H groups in total. The lowest BCUT2D eigenvalue weighted by Crippen LogP contribution is -2.36. The first-order valence-electron chi connectivity index (χ1n) is 5.93. The zero-order valence-electron chi connectivity index (χ0n) is 10.7. The van der Waals surface area contributed by atoms with Crippen LogP contribution in [0.15, 0.2) is 24.3 Å². The Labute approximate surface area is 103 Å². The number of carbonyl (C=O) groups excluding carboxylic acids is 1. The predicted molar refractivity (Wildman–Crippen MR) is 71.3 cm³/mol. The van der Waals surface area contributed by atoms with Crippen molar-refractivity contribution in [3.63, 3.8) is 0 Å². The zero-order valence-corrected chi connectivity index (χ0v) is 10.7. The van der Waals surface area contributed by atoms with Crippen LogP contribution in [-0.2, 0) is 0 Å². The lowest BCUT2D eigenvalue weighted by molar-refractivity contribution is 0.252. The molecule has 0 radical (unpaired) electrons. The largest absolute Gasteiger partial charge is 0.337 e. The van der Waals surface area contributed by atoms with Crippen LogP contribution in [0.4, 0.5) is 10.5 Å². The van der Waals surface area contributed by atoms with Gasteiger partial charge in [0.05, 0.1) is 0 Å². The molecule has 1 aromatic rings. The van der Waals surface area contributed by atoms with Gasteiger partial charge < -0.3 is 16.0 Å². The number of aryl methyl sites for hydroxylation is 1. The van der Waals surface area contributed by atoms with Gasteiger partial charge in [-0.15, -0.1) is 0 Å². The maximum atomic E-state index is 11.5. The quantitative estimate of drug-likeness (QED) is 0.685. The van der Waals surface area contributed by atoms with Crippen molar-refractivity contribution in [1.29, 1.82) is 0 Å². The summed E-state index contributed by atoms with van der Waals surface area (Å²) >= 11 is 0. The molecule has 1 rings (SSSR count). The summed E-state index contributed by atoms with van der Waals surface area (Å²) in [4.78, 5) is 11.5. The van der Waals surface area contributed by atoms with E-state index in [0.717, 1.165) is 17.8 Å². The van der Waals surface area contributed by atoms with Gasteiger partial charge in [-0.3, -0.25) is 0 Å². The van der Waals surface area contributed by atoms with Crippen LogP contribution in [0.1, 0.15) is 19.4 Å². The highest BCUT2D eigenvalue weighted by Gasteiger charge is 2.00. The number of amides is 2. The maximum Gasteiger partial charge on any atom is 0.319 e. The third-order valence-electron chi connectivity index (χ3n) is 2.24. The molecule has 0 saturated heterocycles. The number of hydrogen-bond acceptors (Lipinski definition) is 2. The highest BCUT2D eigenvalue weighted by atomic mass is 16.2. The molecule has 0 bridgehead atoms. The van der Waals surface area contributed by atoms with Crippen LogP contribution in [0.2, 0.25) is 0 Å². The summed E-state index contributed by atoms with van der Waals surface area (Å²) in [7, 11) is 0. The van der Waals surface area contributed by atoms with Crippen molar-refractivity contribution in [3.05, 3.63) is 29.8 Å². The van der Waals surface area contributed by atoms with Crippen molar-refractivity contribution < 1.29 is 4.79 Å². The van der Waals surface area contributed by atoms with Gasteiger partial charge in [-0.2, -0.15) is 0 Å². The molecular formula is C13H21N3O. The molecule has 4 heteroatoms. The zero-order chi connectivity index (χ0) is 12.7. The number of nitrogens with one attached hydrogen (secondary N) is 3. The Kier molecular flexibility index (Phi) is 5.49. The number of hydrogen-bond donors (Lipinski definition) is 3. The minimum Gasteiger partial charge on any atom is -0.337 e. The van der Waals surface area contributed by atoms with Crippen molar-refractivity contribution in [2.75, 3.05) is 18.4 Å². The van der Waals surface area contributed by atoms with Crippen molar-refractivity contribution in [1.82, 2.24) is 10.6 Å². The normalized spacial score (nSPS) is 10.4. The van der Waals surface area contributed by atoms with Crippen LogP contribution in [0.5, 0.6) is 0 Å². The van der Waals surface area contributed by atoms with Crippen molar-refractivity contribution in [3.8, 4) is 0 Å². The van der Waals surface area contributed by atoms with Crippen LogP contribution < -0.4 is 16.0 Å². The molecule has 2 amide bonds. The Morgan fingerprint density at radius 1 is 1.29 bits per heavy atom. The third-order valence-corrected chi connectivity index (χ3v) is 2.24. The van der Waals surface area contributed by atoms with E-state index in [-0.39, 0.29) is 6.03 Å². The second-order valence-corrected chi connectivity index (χ2v) is 4.36. The topological polar surface area (TPSA) is 53.2 Å². The van der Waals surface area contributed by atoms with Gasteiger partial charge in [0.2, 0.25) is 0 Å². The first-order valence-corrected chi connectivity index (χ1v) is 5.93. The maximum absolute atomic E-state index is 11.5. The second-order valence-electron chi connectivity index (χ2n) is 4.36. The number of carbonyl (C=O) groups is 1. The molecule has 0 atom stereocenters. The van der Waals surface area contributed by atoms with Crippen LogP contribution in [0.25, 0.3) is 0 Å². The van der Waals surface area contributed by atoms with Gasteiger partial charge in [-0.1, -0.05) is 26.0 Å². The van der Waals surface area contributed by atoms with E-state index in [1.807, 2.05) is 31.2 Å². The molecule has 0 fully saturated rings. The molecule has 4 nitrogen and oxygen atoms in total. The first kappa shape index (κ1) is 13.5.